The fraction of sp³-hybridized carbons (Fsp3) is 0.778. The molecule has 0 spiro atoms. The molecule has 1 atom stereocenters. The Bertz CT molecular complexity index is 126. The van der Waals surface area contributed by atoms with Crippen molar-refractivity contribution >= 4 is 0 Å². The number of nitrogens with one attached hydrogen (secondary N) is 2. The zero-order valence-corrected chi connectivity index (χ0v) is 7.32. The van der Waals surface area contributed by atoms with Crippen LogP contribution < -0.4 is 10.6 Å². The second kappa shape index (κ2) is 4.52. The second-order valence-corrected chi connectivity index (χ2v) is 3.35. The van der Waals surface area contributed by atoms with Crippen LogP contribution >= 0.6 is 0 Å². The Morgan fingerprint density at radius 3 is 3.09 bits per heavy atom. The molecule has 1 aliphatic rings. The molecule has 0 amide bonds. The maximum Gasteiger partial charge on any atom is 0.0204 e. The molecule has 1 saturated heterocycles. The third kappa shape index (κ3) is 3.54. The van der Waals surface area contributed by atoms with E-state index in [0.29, 0.717) is 6.04 Å². The van der Waals surface area contributed by atoms with Gasteiger partial charge in [0.05, 0.1) is 0 Å². The summed E-state index contributed by atoms with van der Waals surface area (Å²) in [5.41, 5.74) is 1.27. The highest BCUT2D eigenvalue weighted by Gasteiger charge is 2.12. The largest absolute Gasteiger partial charge is 0.315 e. The molecule has 1 rings (SSSR count). The van der Waals surface area contributed by atoms with Gasteiger partial charge in [-0.1, -0.05) is 5.57 Å². The van der Waals surface area contributed by atoms with Gasteiger partial charge in [-0.25, -0.2) is 0 Å². The van der Waals surface area contributed by atoms with E-state index in [-0.39, 0.29) is 0 Å². The minimum absolute atomic E-state index is 0.703. The highest BCUT2D eigenvalue weighted by Crippen LogP contribution is 1.98. The van der Waals surface area contributed by atoms with E-state index >= 15 is 0 Å². The predicted octanol–water partition coefficient (Wildman–Crippen LogP) is 0.904. The van der Waals surface area contributed by atoms with Crippen molar-refractivity contribution in [3.63, 3.8) is 0 Å². The fourth-order valence-corrected chi connectivity index (χ4v) is 1.32. The number of hydrogen-bond donors (Lipinski definition) is 2. The van der Waals surface area contributed by atoms with E-state index in [9.17, 15) is 0 Å². The van der Waals surface area contributed by atoms with E-state index in [0.717, 1.165) is 19.5 Å². The fourth-order valence-electron chi connectivity index (χ4n) is 1.32. The quantitative estimate of drug-likeness (QED) is 0.588. The minimum Gasteiger partial charge on any atom is -0.315 e. The van der Waals surface area contributed by atoms with Crippen molar-refractivity contribution < 1.29 is 0 Å². The number of rotatable bonds is 4. The average molecular weight is 154 g/mol. The van der Waals surface area contributed by atoms with Crippen LogP contribution in [0.25, 0.3) is 0 Å². The lowest BCUT2D eigenvalue weighted by Crippen LogP contribution is -2.31. The van der Waals surface area contributed by atoms with Crippen molar-refractivity contribution in [1.29, 1.82) is 0 Å². The van der Waals surface area contributed by atoms with E-state index in [2.05, 4.69) is 24.1 Å². The summed E-state index contributed by atoms with van der Waals surface area (Å²) in [5.74, 6) is 0. The van der Waals surface area contributed by atoms with Gasteiger partial charge in [0.2, 0.25) is 0 Å². The monoisotopic (exact) mass is 154 g/mol. The first-order chi connectivity index (χ1) is 5.29. The van der Waals surface area contributed by atoms with Gasteiger partial charge < -0.3 is 10.6 Å². The van der Waals surface area contributed by atoms with Gasteiger partial charge in [0.25, 0.3) is 0 Å². The Balaban J connectivity index is 1.98. The van der Waals surface area contributed by atoms with Gasteiger partial charge in [-0.05, 0) is 32.9 Å². The lowest BCUT2D eigenvalue weighted by atomic mass is 10.2. The molecule has 0 aromatic carbocycles. The molecule has 1 heterocycles. The van der Waals surface area contributed by atoms with Crippen molar-refractivity contribution in [2.24, 2.45) is 0 Å². The first kappa shape index (κ1) is 8.75. The smallest absolute Gasteiger partial charge is 0.0204 e. The summed E-state index contributed by atoms with van der Waals surface area (Å²) < 4.78 is 0. The van der Waals surface area contributed by atoms with Crippen LogP contribution in [-0.4, -0.2) is 25.7 Å². The highest BCUT2D eigenvalue weighted by molar-refractivity contribution is 4.89. The molecular formula is C9H18N2. The molecule has 1 fully saturated rings. The summed E-state index contributed by atoms with van der Waals surface area (Å²) in [5, 5.41) is 6.82. The molecule has 1 aliphatic heterocycles. The molecule has 2 heteroatoms. The van der Waals surface area contributed by atoms with Gasteiger partial charge in [-0.15, -0.1) is 6.58 Å². The first-order valence-corrected chi connectivity index (χ1v) is 4.37. The Hall–Kier alpha value is -0.340. The Morgan fingerprint density at radius 1 is 1.73 bits per heavy atom. The van der Waals surface area contributed by atoms with Crippen LogP contribution in [-0.2, 0) is 0 Å². The SMILES string of the molecule is C=C(C)CCNC1CCNC1. The summed E-state index contributed by atoms with van der Waals surface area (Å²) in [6, 6.07) is 0.703. The zero-order valence-electron chi connectivity index (χ0n) is 7.32. The van der Waals surface area contributed by atoms with Gasteiger partial charge in [0.15, 0.2) is 0 Å². The van der Waals surface area contributed by atoms with Crippen molar-refractivity contribution in [3.05, 3.63) is 12.2 Å². The molecule has 2 nitrogen and oxygen atoms in total. The van der Waals surface area contributed by atoms with E-state index in [4.69, 9.17) is 0 Å². The zero-order chi connectivity index (χ0) is 8.10. The van der Waals surface area contributed by atoms with Crippen LogP contribution in [0.5, 0.6) is 0 Å². The van der Waals surface area contributed by atoms with Crippen molar-refractivity contribution in [1.82, 2.24) is 10.6 Å². The molecule has 0 saturated carbocycles. The van der Waals surface area contributed by atoms with Gasteiger partial charge in [0, 0.05) is 12.6 Å². The highest BCUT2D eigenvalue weighted by atomic mass is 15.0. The molecule has 0 bridgehead atoms. The van der Waals surface area contributed by atoms with Crippen LogP contribution in [0.1, 0.15) is 19.8 Å². The second-order valence-electron chi connectivity index (χ2n) is 3.35. The minimum atomic E-state index is 0.703. The van der Waals surface area contributed by atoms with E-state index < -0.39 is 0 Å². The summed E-state index contributed by atoms with van der Waals surface area (Å²) >= 11 is 0. The Labute approximate surface area is 69.1 Å². The molecule has 1 unspecified atom stereocenters. The van der Waals surface area contributed by atoms with Crippen LogP contribution in [0, 0.1) is 0 Å². The molecular weight excluding hydrogens is 136 g/mol. The molecule has 0 aliphatic carbocycles. The van der Waals surface area contributed by atoms with Crippen LogP contribution in [0.3, 0.4) is 0 Å². The maximum atomic E-state index is 3.86. The van der Waals surface area contributed by atoms with E-state index in [1.807, 2.05) is 0 Å². The number of hydrogen-bond acceptors (Lipinski definition) is 2. The summed E-state index contributed by atoms with van der Waals surface area (Å²) in [6.07, 6.45) is 2.38. The molecule has 11 heavy (non-hydrogen) atoms. The summed E-state index contributed by atoms with van der Waals surface area (Å²) in [4.78, 5) is 0. The van der Waals surface area contributed by atoms with Crippen molar-refractivity contribution in [3.8, 4) is 0 Å². The topological polar surface area (TPSA) is 24.1 Å². The predicted molar refractivity (Wildman–Crippen MR) is 48.7 cm³/mol. The maximum absolute atomic E-state index is 3.86. The molecule has 64 valence electrons. The lowest BCUT2D eigenvalue weighted by Gasteiger charge is -2.10. The van der Waals surface area contributed by atoms with Gasteiger partial charge in [-0.3, -0.25) is 0 Å². The van der Waals surface area contributed by atoms with Gasteiger partial charge in [0.1, 0.15) is 0 Å². The van der Waals surface area contributed by atoms with Gasteiger partial charge >= 0.3 is 0 Å². The Morgan fingerprint density at radius 2 is 2.55 bits per heavy atom. The third-order valence-corrected chi connectivity index (χ3v) is 2.05. The summed E-state index contributed by atoms with van der Waals surface area (Å²) in [6.45, 7) is 9.33. The van der Waals surface area contributed by atoms with Crippen molar-refractivity contribution in [2.45, 2.75) is 25.8 Å². The third-order valence-electron chi connectivity index (χ3n) is 2.05. The standard InChI is InChI=1S/C9H18N2/c1-8(2)3-6-11-9-4-5-10-7-9/h9-11H,1,3-7H2,2H3. The van der Waals surface area contributed by atoms with Crippen LogP contribution in [0.15, 0.2) is 12.2 Å². The molecule has 0 radical (unpaired) electrons. The first-order valence-electron chi connectivity index (χ1n) is 4.37. The summed E-state index contributed by atoms with van der Waals surface area (Å²) in [7, 11) is 0. The van der Waals surface area contributed by atoms with Crippen molar-refractivity contribution in [2.75, 3.05) is 19.6 Å². The normalized spacial score (nSPS) is 23.9. The Kier molecular flexibility index (Phi) is 3.60. The van der Waals surface area contributed by atoms with Crippen LogP contribution in [0.2, 0.25) is 0 Å². The van der Waals surface area contributed by atoms with Gasteiger partial charge in [-0.2, -0.15) is 0 Å². The van der Waals surface area contributed by atoms with E-state index in [1.54, 1.807) is 0 Å². The molecule has 2 N–H and O–H groups in total. The van der Waals surface area contributed by atoms with E-state index in [1.165, 1.54) is 18.5 Å². The lowest BCUT2D eigenvalue weighted by molar-refractivity contribution is 0.550. The molecule has 0 aromatic rings. The molecule has 0 aromatic heterocycles. The van der Waals surface area contributed by atoms with Crippen LogP contribution in [0.4, 0.5) is 0 Å². The average Bonchev–Trinajstić information content (AvgIpc) is 2.39.